The zero-order valence-corrected chi connectivity index (χ0v) is 9.07. The van der Waals surface area contributed by atoms with Crippen molar-refractivity contribution < 1.29 is 5.21 Å². The molecule has 0 amide bonds. The molecule has 0 bridgehead atoms. The van der Waals surface area contributed by atoms with Gasteiger partial charge in [-0.3, -0.25) is 5.21 Å². The van der Waals surface area contributed by atoms with Gasteiger partial charge in [0.25, 0.3) is 0 Å². The van der Waals surface area contributed by atoms with Gasteiger partial charge in [-0.2, -0.15) is 0 Å². The monoisotopic (exact) mass is 243 g/mol. The van der Waals surface area contributed by atoms with Crippen molar-refractivity contribution in [3.63, 3.8) is 0 Å². The second-order valence-corrected chi connectivity index (χ2v) is 3.69. The Morgan fingerprint density at radius 2 is 2.00 bits per heavy atom. The smallest absolute Gasteiger partial charge is 0.250 e. The van der Waals surface area contributed by atoms with E-state index < -0.39 is 0 Å². The molecule has 0 aromatic heterocycles. The third-order valence-corrected chi connectivity index (χ3v) is 2.45. The molecule has 78 valence electrons. The zero-order chi connectivity index (χ0) is 10.8. The average molecular weight is 244 g/mol. The number of halogens is 2. The lowest BCUT2D eigenvalue weighted by atomic mass is 10.3. The van der Waals surface area contributed by atoms with Crippen molar-refractivity contribution in [1.29, 1.82) is 0 Å². The number of rotatable bonds is 1. The number of hydrogen-bond donors (Lipinski definition) is 1. The number of hydrogen-bond acceptors (Lipinski definition) is 2. The van der Waals surface area contributed by atoms with E-state index in [2.05, 4.69) is 9.98 Å². The lowest BCUT2D eigenvalue weighted by Gasteiger charge is -2.07. The number of para-hydroxylation sites is 1. The predicted octanol–water partition coefficient (Wildman–Crippen LogP) is 2.76. The van der Waals surface area contributed by atoms with Crippen LogP contribution in [-0.4, -0.2) is 29.0 Å². The van der Waals surface area contributed by atoms with Crippen molar-refractivity contribution in [3.8, 4) is 0 Å². The summed E-state index contributed by atoms with van der Waals surface area (Å²) in [7, 11) is 0. The summed E-state index contributed by atoms with van der Waals surface area (Å²) in [5, 5.41) is 11.1. The predicted molar refractivity (Wildman–Crippen MR) is 60.5 cm³/mol. The van der Waals surface area contributed by atoms with Gasteiger partial charge in [-0.25, -0.2) is 15.0 Å². The van der Waals surface area contributed by atoms with Crippen molar-refractivity contribution >= 4 is 41.1 Å². The number of nitrogens with zero attached hydrogens (tertiary/aromatic N) is 3. The first-order valence-corrected chi connectivity index (χ1v) is 4.96. The molecule has 1 aromatic carbocycles. The van der Waals surface area contributed by atoms with Crippen LogP contribution >= 0.6 is 23.2 Å². The molecule has 1 aliphatic heterocycles. The number of guanidine groups is 1. The Hall–Kier alpha value is -1.10. The molecule has 1 aliphatic rings. The van der Waals surface area contributed by atoms with Crippen LogP contribution in [0.5, 0.6) is 0 Å². The SMILES string of the molecule is ON1CC=NC1=Nc1c(Cl)cccc1Cl. The van der Waals surface area contributed by atoms with E-state index in [1.54, 1.807) is 24.4 Å². The molecule has 0 fully saturated rings. The van der Waals surface area contributed by atoms with E-state index in [0.29, 0.717) is 22.3 Å². The molecule has 4 nitrogen and oxygen atoms in total. The Kier molecular flexibility index (Phi) is 2.90. The van der Waals surface area contributed by atoms with E-state index in [4.69, 9.17) is 23.2 Å². The third kappa shape index (κ3) is 2.12. The summed E-state index contributed by atoms with van der Waals surface area (Å²) in [6.45, 7) is 0.320. The molecule has 0 atom stereocenters. The Morgan fingerprint density at radius 1 is 1.33 bits per heavy atom. The summed E-state index contributed by atoms with van der Waals surface area (Å²) in [5.41, 5.74) is 0.411. The van der Waals surface area contributed by atoms with Gasteiger partial charge in [-0.1, -0.05) is 29.3 Å². The van der Waals surface area contributed by atoms with Crippen LogP contribution in [0.3, 0.4) is 0 Å². The van der Waals surface area contributed by atoms with Crippen LogP contribution in [0.4, 0.5) is 5.69 Å². The molecular weight excluding hydrogens is 237 g/mol. The normalized spacial score (nSPS) is 17.8. The zero-order valence-electron chi connectivity index (χ0n) is 7.56. The van der Waals surface area contributed by atoms with Crippen molar-refractivity contribution in [2.75, 3.05) is 6.54 Å². The standard InChI is InChI=1S/C9H7Cl2N3O/c10-6-2-1-3-7(11)8(6)13-9-12-4-5-14(9)15/h1-4,15H,5H2. The van der Waals surface area contributed by atoms with Crippen molar-refractivity contribution in [3.05, 3.63) is 28.2 Å². The van der Waals surface area contributed by atoms with Gasteiger partial charge in [-0.05, 0) is 12.1 Å². The molecule has 1 aromatic rings. The quantitative estimate of drug-likeness (QED) is 0.825. The highest BCUT2D eigenvalue weighted by molar-refractivity contribution is 6.38. The fourth-order valence-electron chi connectivity index (χ4n) is 1.13. The van der Waals surface area contributed by atoms with E-state index in [0.717, 1.165) is 5.06 Å². The maximum absolute atomic E-state index is 9.32. The van der Waals surface area contributed by atoms with Crippen LogP contribution in [0.1, 0.15) is 0 Å². The summed E-state index contributed by atoms with van der Waals surface area (Å²) in [6.07, 6.45) is 1.55. The van der Waals surface area contributed by atoms with Crippen LogP contribution in [0.2, 0.25) is 10.0 Å². The van der Waals surface area contributed by atoms with Gasteiger partial charge in [0.05, 0.1) is 16.6 Å². The highest BCUT2D eigenvalue weighted by atomic mass is 35.5. The average Bonchev–Trinajstić information content (AvgIpc) is 2.58. The van der Waals surface area contributed by atoms with E-state index >= 15 is 0 Å². The topological polar surface area (TPSA) is 48.2 Å². The largest absolute Gasteiger partial charge is 0.285 e. The minimum atomic E-state index is 0.185. The van der Waals surface area contributed by atoms with Crippen molar-refractivity contribution in [2.45, 2.75) is 0 Å². The fourth-order valence-corrected chi connectivity index (χ4v) is 1.61. The van der Waals surface area contributed by atoms with Gasteiger partial charge in [0.15, 0.2) is 0 Å². The minimum absolute atomic E-state index is 0.185. The molecule has 0 spiro atoms. The van der Waals surface area contributed by atoms with Crippen LogP contribution in [0.15, 0.2) is 28.2 Å². The van der Waals surface area contributed by atoms with Crippen LogP contribution in [0.25, 0.3) is 0 Å². The van der Waals surface area contributed by atoms with Gasteiger partial charge in [0.2, 0.25) is 5.96 Å². The Bertz CT molecular complexity index is 425. The lowest BCUT2D eigenvalue weighted by molar-refractivity contribution is 0.00528. The van der Waals surface area contributed by atoms with E-state index in [9.17, 15) is 5.21 Å². The Morgan fingerprint density at radius 3 is 2.53 bits per heavy atom. The number of hydroxylamine groups is 2. The van der Waals surface area contributed by atoms with Crippen LogP contribution < -0.4 is 0 Å². The molecule has 0 saturated heterocycles. The molecular formula is C9H7Cl2N3O. The van der Waals surface area contributed by atoms with Gasteiger partial charge < -0.3 is 0 Å². The molecule has 0 saturated carbocycles. The molecule has 2 rings (SSSR count). The van der Waals surface area contributed by atoms with Crippen molar-refractivity contribution in [2.24, 2.45) is 9.98 Å². The first-order chi connectivity index (χ1) is 7.18. The summed E-state index contributed by atoms with van der Waals surface area (Å²) in [5.74, 6) is 0.185. The minimum Gasteiger partial charge on any atom is -0.285 e. The third-order valence-electron chi connectivity index (χ3n) is 1.84. The highest BCUT2D eigenvalue weighted by Crippen LogP contribution is 2.33. The van der Waals surface area contributed by atoms with Crippen LogP contribution in [-0.2, 0) is 0 Å². The van der Waals surface area contributed by atoms with Gasteiger partial charge in [0.1, 0.15) is 5.69 Å². The maximum Gasteiger partial charge on any atom is 0.250 e. The van der Waals surface area contributed by atoms with Crippen LogP contribution in [0, 0.1) is 0 Å². The van der Waals surface area contributed by atoms with Crippen molar-refractivity contribution in [1.82, 2.24) is 5.06 Å². The second-order valence-electron chi connectivity index (χ2n) is 2.88. The number of benzene rings is 1. The molecule has 15 heavy (non-hydrogen) atoms. The van der Waals surface area contributed by atoms with Gasteiger partial charge in [0, 0.05) is 6.21 Å². The van der Waals surface area contributed by atoms with E-state index in [1.165, 1.54) is 0 Å². The Balaban J connectivity index is 2.43. The number of aliphatic imine (C=N–C) groups is 2. The first kappa shape index (κ1) is 10.4. The first-order valence-electron chi connectivity index (χ1n) is 4.20. The molecule has 1 heterocycles. The molecule has 0 radical (unpaired) electrons. The summed E-state index contributed by atoms with van der Waals surface area (Å²) >= 11 is 11.8. The molecule has 0 unspecified atom stereocenters. The fraction of sp³-hybridized carbons (Fsp3) is 0.111. The van der Waals surface area contributed by atoms with E-state index in [1.807, 2.05) is 0 Å². The molecule has 0 aliphatic carbocycles. The Labute approximate surface area is 96.4 Å². The maximum atomic E-state index is 9.32. The van der Waals surface area contributed by atoms with Gasteiger partial charge >= 0.3 is 0 Å². The highest BCUT2D eigenvalue weighted by Gasteiger charge is 2.13. The second kappa shape index (κ2) is 4.18. The molecule has 6 heteroatoms. The summed E-state index contributed by atoms with van der Waals surface area (Å²) in [4.78, 5) is 7.95. The van der Waals surface area contributed by atoms with E-state index in [-0.39, 0.29) is 5.96 Å². The summed E-state index contributed by atoms with van der Waals surface area (Å²) < 4.78 is 0. The van der Waals surface area contributed by atoms with Gasteiger partial charge in [-0.15, -0.1) is 0 Å². The molecule has 1 N–H and O–H groups in total. The summed E-state index contributed by atoms with van der Waals surface area (Å²) in [6, 6.07) is 5.07. The lowest BCUT2D eigenvalue weighted by Crippen LogP contribution is -2.20.